The molecule has 0 heterocycles. The van der Waals surface area contributed by atoms with Gasteiger partial charge in [0.25, 0.3) is 0 Å². The zero-order chi connectivity index (χ0) is 29.4. The first kappa shape index (κ1) is 31.2. The summed E-state index contributed by atoms with van der Waals surface area (Å²) in [5.41, 5.74) is 7.81. The van der Waals surface area contributed by atoms with Gasteiger partial charge in [-0.05, 0) is 61.4 Å². The summed E-state index contributed by atoms with van der Waals surface area (Å²) in [6, 6.07) is 11.3. The molecule has 1 aliphatic carbocycles. The van der Waals surface area contributed by atoms with Crippen molar-refractivity contribution in [1.82, 2.24) is 10.2 Å². The highest BCUT2D eigenvalue weighted by atomic mass is 19.1. The Kier molecular flexibility index (Phi) is 10.8. The first-order valence-corrected chi connectivity index (χ1v) is 13.9. The summed E-state index contributed by atoms with van der Waals surface area (Å²) in [6.45, 7) is 6.88. The topological polar surface area (TPSA) is 95.7 Å². The minimum absolute atomic E-state index is 0.00434. The summed E-state index contributed by atoms with van der Waals surface area (Å²) < 4.78 is 28.4. The zero-order valence-electron chi connectivity index (χ0n) is 23.8. The van der Waals surface area contributed by atoms with Crippen molar-refractivity contribution in [2.45, 2.75) is 59.1 Å². The molecular formula is C32H41F2N3O3. The van der Waals surface area contributed by atoms with E-state index < -0.39 is 35.0 Å². The van der Waals surface area contributed by atoms with Crippen molar-refractivity contribution >= 4 is 11.8 Å². The highest BCUT2D eigenvalue weighted by Gasteiger charge is 2.50. The quantitative estimate of drug-likeness (QED) is 0.342. The predicted octanol–water partition coefficient (Wildman–Crippen LogP) is 4.45. The average Bonchev–Trinajstić information content (AvgIpc) is 2.90. The fourth-order valence-electron chi connectivity index (χ4n) is 5.73. The molecule has 3 atom stereocenters. The van der Waals surface area contributed by atoms with Gasteiger partial charge in [-0.1, -0.05) is 55.8 Å². The number of hydrogen-bond acceptors (Lipinski definition) is 4. The molecule has 2 aromatic rings. The number of rotatable bonds is 13. The molecule has 0 radical (unpaired) electrons. The molecule has 1 aliphatic rings. The first-order valence-electron chi connectivity index (χ1n) is 13.9. The second kappa shape index (κ2) is 13.8. The SMILES string of the molecule is CCCN(C)C(=O)C1([C@H](Cc2cc(F)cc(F)c2)[C@@H](O)CNCc2cccc(CC)c2)C=C(C)C=C(C(N)=O)C1. The van der Waals surface area contributed by atoms with Crippen LogP contribution >= 0.6 is 0 Å². The number of nitrogens with one attached hydrogen (secondary N) is 1. The van der Waals surface area contributed by atoms with Crippen LogP contribution in [0.5, 0.6) is 0 Å². The van der Waals surface area contributed by atoms with Crippen molar-refractivity contribution in [3.05, 3.63) is 94.1 Å². The average molecular weight is 554 g/mol. The van der Waals surface area contributed by atoms with Crippen LogP contribution in [0.15, 0.2) is 65.8 Å². The van der Waals surface area contributed by atoms with E-state index in [0.29, 0.717) is 30.6 Å². The Morgan fingerprint density at radius 2 is 1.77 bits per heavy atom. The summed E-state index contributed by atoms with van der Waals surface area (Å²) in [4.78, 5) is 28.1. The molecule has 216 valence electrons. The van der Waals surface area contributed by atoms with E-state index in [4.69, 9.17) is 5.73 Å². The molecule has 2 aromatic carbocycles. The molecule has 40 heavy (non-hydrogen) atoms. The maximum absolute atomic E-state index is 14.2. The third-order valence-corrected chi connectivity index (χ3v) is 7.58. The van der Waals surface area contributed by atoms with Crippen LogP contribution in [0.25, 0.3) is 0 Å². The van der Waals surface area contributed by atoms with Crippen molar-refractivity contribution in [1.29, 1.82) is 0 Å². The normalized spacial score (nSPS) is 18.5. The summed E-state index contributed by atoms with van der Waals surface area (Å²) >= 11 is 0. The molecule has 1 unspecified atom stereocenters. The van der Waals surface area contributed by atoms with Gasteiger partial charge in [0.2, 0.25) is 11.8 Å². The maximum Gasteiger partial charge on any atom is 0.244 e. The van der Waals surface area contributed by atoms with E-state index in [2.05, 4.69) is 24.4 Å². The van der Waals surface area contributed by atoms with Crippen LogP contribution in [0.4, 0.5) is 8.78 Å². The molecule has 2 amide bonds. The van der Waals surface area contributed by atoms with Gasteiger partial charge in [-0.15, -0.1) is 0 Å². The summed E-state index contributed by atoms with van der Waals surface area (Å²) in [7, 11) is 1.68. The Morgan fingerprint density at radius 1 is 1.10 bits per heavy atom. The Balaban J connectivity index is 2.03. The van der Waals surface area contributed by atoms with Gasteiger partial charge in [0, 0.05) is 44.2 Å². The number of allylic oxidation sites excluding steroid dienone is 2. The van der Waals surface area contributed by atoms with Gasteiger partial charge in [-0.3, -0.25) is 9.59 Å². The molecule has 0 saturated heterocycles. The van der Waals surface area contributed by atoms with E-state index in [-0.39, 0.29) is 30.9 Å². The smallest absolute Gasteiger partial charge is 0.244 e. The molecule has 6 nitrogen and oxygen atoms in total. The summed E-state index contributed by atoms with van der Waals surface area (Å²) in [6.07, 6.45) is 3.92. The zero-order valence-corrected chi connectivity index (χ0v) is 23.8. The first-order chi connectivity index (χ1) is 19.0. The van der Waals surface area contributed by atoms with Crippen molar-refractivity contribution in [2.24, 2.45) is 17.1 Å². The highest BCUT2D eigenvalue weighted by molar-refractivity contribution is 5.96. The molecule has 0 fully saturated rings. The number of nitrogens with zero attached hydrogens (tertiary/aromatic N) is 1. The van der Waals surface area contributed by atoms with E-state index in [1.54, 1.807) is 31.0 Å². The molecule has 3 rings (SSSR count). The van der Waals surface area contributed by atoms with Gasteiger partial charge in [0.15, 0.2) is 0 Å². The van der Waals surface area contributed by atoms with Gasteiger partial charge < -0.3 is 21.1 Å². The highest BCUT2D eigenvalue weighted by Crippen LogP contribution is 2.45. The second-order valence-electron chi connectivity index (χ2n) is 10.8. The summed E-state index contributed by atoms with van der Waals surface area (Å²) in [5.74, 6) is -3.24. The van der Waals surface area contributed by atoms with Crippen molar-refractivity contribution in [3.8, 4) is 0 Å². The van der Waals surface area contributed by atoms with E-state index in [1.165, 1.54) is 17.7 Å². The Morgan fingerprint density at radius 3 is 2.40 bits per heavy atom. The van der Waals surface area contributed by atoms with Crippen LogP contribution in [0, 0.1) is 23.0 Å². The number of aliphatic hydroxyl groups excluding tert-OH is 1. The van der Waals surface area contributed by atoms with Gasteiger partial charge in [-0.25, -0.2) is 8.78 Å². The number of carbonyl (C=O) groups excluding carboxylic acids is 2. The van der Waals surface area contributed by atoms with Crippen molar-refractivity contribution < 1.29 is 23.5 Å². The molecule has 0 aromatic heterocycles. The van der Waals surface area contributed by atoms with E-state index in [1.807, 2.05) is 19.1 Å². The molecule has 0 spiro atoms. The Bertz CT molecular complexity index is 1260. The monoisotopic (exact) mass is 553 g/mol. The molecule has 0 aliphatic heterocycles. The lowest BCUT2D eigenvalue weighted by Crippen LogP contribution is -2.53. The van der Waals surface area contributed by atoms with E-state index in [9.17, 15) is 23.5 Å². The lowest BCUT2D eigenvalue weighted by molar-refractivity contribution is -0.144. The minimum atomic E-state index is -1.36. The Hall–Kier alpha value is -3.36. The molecule has 8 heteroatoms. The number of carbonyl (C=O) groups is 2. The van der Waals surface area contributed by atoms with E-state index in [0.717, 1.165) is 18.1 Å². The predicted molar refractivity (Wildman–Crippen MR) is 153 cm³/mol. The second-order valence-corrected chi connectivity index (χ2v) is 10.8. The van der Waals surface area contributed by atoms with Crippen LogP contribution in [-0.4, -0.2) is 48.1 Å². The number of benzene rings is 2. The fourth-order valence-corrected chi connectivity index (χ4v) is 5.73. The van der Waals surface area contributed by atoms with Crippen LogP contribution in [0.3, 0.4) is 0 Å². The number of nitrogens with two attached hydrogens (primary N) is 1. The van der Waals surface area contributed by atoms with Crippen LogP contribution in [0.2, 0.25) is 0 Å². The van der Waals surface area contributed by atoms with Crippen LogP contribution in [0.1, 0.15) is 50.3 Å². The molecular weight excluding hydrogens is 512 g/mol. The number of aliphatic hydroxyl groups is 1. The van der Waals surface area contributed by atoms with Crippen molar-refractivity contribution in [3.63, 3.8) is 0 Å². The number of hydrogen-bond donors (Lipinski definition) is 3. The molecule has 0 bridgehead atoms. The largest absolute Gasteiger partial charge is 0.391 e. The number of amides is 2. The summed E-state index contributed by atoms with van der Waals surface area (Å²) in [5, 5.41) is 15.0. The maximum atomic E-state index is 14.2. The number of aryl methyl sites for hydroxylation is 1. The lowest BCUT2D eigenvalue weighted by atomic mass is 9.63. The van der Waals surface area contributed by atoms with Gasteiger partial charge in [0.1, 0.15) is 11.6 Å². The van der Waals surface area contributed by atoms with Gasteiger partial charge in [-0.2, -0.15) is 0 Å². The van der Waals surface area contributed by atoms with Gasteiger partial charge in [0.05, 0.1) is 11.5 Å². The minimum Gasteiger partial charge on any atom is -0.391 e. The Labute approximate surface area is 236 Å². The molecule has 4 N–H and O–H groups in total. The number of halogens is 2. The van der Waals surface area contributed by atoms with Crippen LogP contribution in [-0.2, 0) is 29.0 Å². The van der Waals surface area contributed by atoms with Crippen LogP contribution < -0.4 is 11.1 Å². The standard InChI is InChI=1S/C32H41F2N3O3/c1-5-10-37(4)31(40)32(17-21(3)11-25(18-32)30(35)39)28(15-24-13-26(33)16-27(34)14-24)29(38)20-36-19-23-9-7-8-22(6-2)12-23/h7-9,11-14,16-17,28-29,36,38H,5-6,10,15,18-20H2,1-4H3,(H2,35,39)/t28-,29+,32?/m1/s1. The molecule has 0 saturated carbocycles. The third-order valence-electron chi connectivity index (χ3n) is 7.58. The van der Waals surface area contributed by atoms with E-state index >= 15 is 0 Å². The fraction of sp³-hybridized carbons (Fsp3) is 0.438. The third kappa shape index (κ3) is 7.64. The number of primary amides is 1. The van der Waals surface area contributed by atoms with Crippen molar-refractivity contribution in [2.75, 3.05) is 20.1 Å². The lowest BCUT2D eigenvalue weighted by Gasteiger charge is -2.44. The van der Waals surface area contributed by atoms with Gasteiger partial charge >= 0.3 is 0 Å².